The number of nitriles is 1. The second-order valence-corrected chi connectivity index (χ2v) is 6.49. The quantitative estimate of drug-likeness (QED) is 0.473. The van der Waals surface area contributed by atoms with E-state index in [0.29, 0.717) is 17.9 Å². The molecular weight excluding hydrogens is 364 g/mol. The van der Waals surface area contributed by atoms with Gasteiger partial charge in [-0.05, 0) is 48.4 Å². The molecule has 0 saturated carbocycles. The second-order valence-electron chi connectivity index (χ2n) is 6.49. The fourth-order valence-corrected chi connectivity index (χ4v) is 3.07. The van der Waals surface area contributed by atoms with Gasteiger partial charge in [-0.1, -0.05) is 24.3 Å². The smallest absolute Gasteiger partial charge is 0.271 e. The summed E-state index contributed by atoms with van der Waals surface area (Å²) in [6, 6.07) is 20.5. The minimum Gasteiger partial charge on any atom is -0.361 e. The molecule has 7 nitrogen and oxygen atoms in total. The number of benzene rings is 2. The van der Waals surface area contributed by atoms with Gasteiger partial charge in [0.1, 0.15) is 0 Å². The van der Waals surface area contributed by atoms with Crippen LogP contribution in [0.3, 0.4) is 0 Å². The highest BCUT2D eigenvalue weighted by Gasteiger charge is 2.09. The van der Waals surface area contributed by atoms with Crippen molar-refractivity contribution < 1.29 is 4.79 Å². The van der Waals surface area contributed by atoms with Crippen LogP contribution >= 0.6 is 0 Å². The molecule has 7 heteroatoms. The van der Waals surface area contributed by atoms with E-state index in [-0.39, 0.29) is 11.6 Å². The molecule has 0 spiro atoms. The molecule has 142 valence electrons. The number of fused-ring (bicyclic) bond motifs is 1. The van der Waals surface area contributed by atoms with Crippen molar-refractivity contribution in [3.05, 3.63) is 83.7 Å². The van der Waals surface area contributed by atoms with Crippen molar-refractivity contribution in [1.29, 1.82) is 5.26 Å². The Labute approximate surface area is 167 Å². The van der Waals surface area contributed by atoms with Crippen molar-refractivity contribution in [3.63, 3.8) is 0 Å². The zero-order chi connectivity index (χ0) is 20.1. The maximum Gasteiger partial charge on any atom is 0.271 e. The van der Waals surface area contributed by atoms with E-state index in [1.165, 1.54) is 0 Å². The summed E-state index contributed by atoms with van der Waals surface area (Å²) in [7, 11) is 0. The number of para-hydroxylation sites is 1. The van der Waals surface area contributed by atoms with Crippen molar-refractivity contribution >= 4 is 28.3 Å². The fraction of sp³-hybridized carbons (Fsp3) is 0.0909. The zero-order valence-electron chi connectivity index (χ0n) is 15.5. The van der Waals surface area contributed by atoms with Gasteiger partial charge in [0.25, 0.3) is 5.91 Å². The summed E-state index contributed by atoms with van der Waals surface area (Å²) < 4.78 is 0. The third-order valence-electron chi connectivity index (χ3n) is 4.52. The largest absolute Gasteiger partial charge is 0.361 e. The van der Waals surface area contributed by atoms with Gasteiger partial charge in [0, 0.05) is 29.3 Å². The Morgan fingerprint density at radius 3 is 2.79 bits per heavy atom. The maximum absolute atomic E-state index is 12.3. The van der Waals surface area contributed by atoms with Gasteiger partial charge in [-0.15, -0.1) is 10.2 Å². The second kappa shape index (κ2) is 8.23. The highest BCUT2D eigenvalue weighted by Crippen LogP contribution is 2.18. The van der Waals surface area contributed by atoms with Gasteiger partial charge in [0.05, 0.1) is 11.6 Å². The molecule has 2 aromatic heterocycles. The number of rotatable bonds is 6. The zero-order valence-corrected chi connectivity index (χ0v) is 15.5. The van der Waals surface area contributed by atoms with Crippen LogP contribution in [0.15, 0.2) is 66.9 Å². The number of hydrogen-bond acceptors (Lipinski definition) is 5. The van der Waals surface area contributed by atoms with E-state index < -0.39 is 0 Å². The molecule has 0 unspecified atom stereocenters. The van der Waals surface area contributed by atoms with Gasteiger partial charge >= 0.3 is 0 Å². The van der Waals surface area contributed by atoms with Crippen molar-refractivity contribution in [2.24, 2.45) is 0 Å². The molecule has 4 aromatic rings. The monoisotopic (exact) mass is 382 g/mol. The first-order valence-electron chi connectivity index (χ1n) is 9.17. The number of aromatic nitrogens is 3. The van der Waals surface area contributed by atoms with Crippen LogP contribution < -0.4 is 10.6 Å². The Hall–Kier alpha value is -4.18. The van der Waals surface area contributed by atoms with Gasteiger partial charge in [-0.2, -0.15) is 5.26 Å². The number of H-pyrrole nitrogens is 1. The van der Waals surface area contributed by atoms with E-state index >= 15 is 0 Å². The highest BCUT2D eigenvalue weighted by molar-refractivity contribution is 5.92. The third-order valence-corrected chi connectivity index (χ3v) is 4.52. The number of nitrogens with one attached hydrogen (secondary N) is 3. The summed E-state index contributed by atoms with van der Waals surface area (Å²) in [6.45, 7) is 0.503. The van der Waals surface area contributed by atoms with Gasteiger partial charge in [0.2, 0.25) is 0 Å². The molecule has 0 aliphatic rings. The lowest BCUT2D eigenvalue weighted by atomic mass is 10.1. The Kier molecular flexibility index (Phi) is 5.16. The van der Waals surface area contributed by atoms with Crippen LogP contribution in [0.1, 0.15) is 21.6 Å². The van der Waals surface area contributed by atoms with Crippen LogP contribution in [0.25, 0.3) is 10.9 Å². The van der Waals surface area contributed by atoms with Crippen LogP contribution in [-0.2, 0) is 6.42 Å². The Morgan fingerprint density at radius 2 is 1.97 bits per heavy atom. The Bertz CT molecular complexity index is 1190. The minimum absolute atomic E-state index is 0.250. The number of aromatic amines is 1. The SMILES string of the molecule is N#Cc1cccc(Nc2ccc(C(=O)NCCc3c[nH]c4ccccc34)nn2)c1. The van der Waals surface area contributed by atoms with E-state index in [0.717, 1.165) is 28.6 Å². The lowest BCUT2D eigenvalue weighted by Gasteiger charge is -2.07. The van der Waals surface area contributed by atoms with E-state index in [1.807, 2.05) is 30.5 Å². The maximum atomic E-state index is 12.3. The van der Waals surface area contributed by atoms with Gasteiger partial charge in [-0.3, -0.25) is 4.79 Å². The number of anilines is 2. The molecule has 0 aliphatic heterocycles. The van der Waals surface area contributed by atoms with Crippen LogP contribution in [0.2, 0.25) is 0 Å². The van der Waals surface area contributed by atoms with Gasteiger partial charge in [-0.25, -0.2) is 0 Å². The molecular formula is C22H18N6O. The first kappa shape index (κ1) is 18.2. The first-order valence-corrected chi connectivity index (χ1v) is 9.17. The molecule has 1 amide bonds. The van der Waals surface area contributed by atoms with Crippen LogP contribution in [0.4, 0.5) is 11.5 Å². The van der Waals surface area contributed by atoms with Crippen molar-refractivity contribution in [2.45, 2.75) is 6.42 Å². The van der Waals surface area contributed by atoms with E-state index in [1.54, 1.807) is 30.3 Å². The number of carbonyl (C=O) groups is 1. The molecule has 2 aromatic carbocycles. The molecule has 3 N–H and O–H groups in total. The van der Waals surface area contributed by atoms with Crippen LogP contribution in [-0.4, -0.2) is 27.6 Å². The molecule has 4 rings (SSSR count). The van der Waals surface area contributed by atoms with Crippen molar-refractivity contribution in [2.75, 3.05) is 11.9 Å². The summed E-state index contributed by atoms with van der Waals surface area (Å²) >= 11 is 0. The average molecular weight is 382 g/mol. The third kappa shape index (κ3) is 4.22. The normalized spacial score (nSPS) is 10.4. The lowest BCUT2D eigenvalue weighted by molar-refractivity contribution is 0.0948. The number of nitrogens with zero attached hydrogens (tertiary/aromatic N) is 3. The van der Waals surface area contributed by atoms with Gasteiger partial charge in [0.15, 0.2) is 11.5 Å². The topological polar surface area (TPSA) is 106 Å². The molecule has 0 bridgehead atoms. The summed E-state index contributed by atoms with van der Waals surface area (Å²) in [5.74, 6) is 0.228. The van der Waals surface area contributed by atoms with Crippen molar-refractivity contribution in [1.82, 2.24) is 20.5 Å². The first-order chi connectivity index (χ1) is 14.2. The lowest BCUT2D eigenvalue weighted by Crippen LogP contribution is -2.26. The van der Waals surface area contributed by atoms with Crippen molar-refractivity contribution in [3.8, 4) is 6.07 Å². The molecule has 0 aliphatic carbocycles. The fourth-order valence-electron chi connectivity index (χ4n) is 3.07. The predicted molar refractivity (Wildman–Crippen MR) is 111 cm³/mol. The molecule has 0 saturated heterocycles. The van der Waals surface area contributed by atoms with E-state index in [4.69, 9.17) is 5.26 Å². The minimum atomic E-state index is -0.268. The molecule has 0 radical (unpaired) electrons. The number of carbonyl (C=O) groups excluding carboxylic acids is 1. The molecule has 2 heterocycles. The Balaban J connectivity index is 1.33. The van der Waals surface area contributed by atoms with Crippen LogP contribution in [0.5, 0.6) is 0 Å². The predicted octanol–water partition coefficient (Wildman–Crippen LogP) is 3.55. The average Bonchev–Trinajstić information content (AvgIpc) is 3.17. The number of hydrogen-bond donors (Lipinski definition) is 3. The molecule has 0 fully saturated rings. The molecule has 0 atom stereocenters. The summed E-state index contributed by atoms with van der Waals surface area (Å²) in [6.07, 6.45) is 2.69. The molecule has 29 heavy (non-hydrogen) atoms. The summed E-state index contributed by atoms with van der Waals surface area (Å²) in [5, 5.41) is 24.1. The Morgan fingerprint density at radius 1 is 1.07 bits per heavy atom. The van der Waals surface area contributed by atoms with E-state index in [9.17, 15) is 4.79 Å². The summed E-state index contributed by atoms with van der Waals surface area (Å²) in [5.41, 5.74) is 3.78. The highest BCUT2D eigenvalue weighted by atomic mass is 16.1. The van der Waals surface area contributed by atoms with E-state index in [2.05, 4.69) is 38.0 Å². The number of amides is 1. The standard InChI is InChI=1S/C22H18N6O/c23-13-15-4-3-5-17(12-15)26-21-9-8-20(27-28-21)22(29)24-11-10-16-14-25-19-7-2-1-6-18(16)19/h1-9,12,14,25H,10-11H2,(H,24,29)(H,26,28). The summed E-state index contributed by atoms with van der Waals surface area (Å²) in [4.78, 5) is 15.5. The van der Waals surface area contributed by atoms with Crippen LogP contribution in [0, 0.1) is 11.3 Å². The van der Waals surface area contributed by atoms with Gasteiger partial charge < -0.3 is 15.6 Å².